The highest BCUT2D eigenvalue weighted by Gasteiger charge is 2.71. The third-order valence-corrected chi connectivity index (χ3v) is 5.06. The molecule has 1 aromatic carbocycles. The molecular weight excluding hydrogens is 338 g/mol. The Bertz CT molecular complexity index is 722. The molecule has 8 heteroatoms. The second-order valence-electron chi connectivity index (χ2n) is 6.45. The maximum absolute atomic E-state index is 14.0. The molecule has 24 heavy (non-hydrogen) atoms. The second-order valence-corrected chi connectivity index (χ2v) is 6.45. The third-order valence-electron chi connectivity index (χ3n) is 5.06. The van der Waals surface area contributed by atoms with E-state index in [1.807, 2.05) is 0 Å². The first-order valence-corrected chi connectivity index (χ1v) is 6.95. The molecule has 1 saturated carbocycles. The highest BCUT2D eigenvalue weighted by Crippen LogP contribution is 2.71. The predicted octanol–water partition coefficient (Wildman–Crippen LogP) is 3.27. The largest absolute Gasteiger partial charge is 0.549 e. The molecular formula is C16H13F6O2-. The Morgan fingerprint density at radius 3 is 1.92 bits per heavy atom. The zero-order valence-corrected chi connectivity index (χ0v) is 12.9. The number of allylic oxidation sites excluding steroid dienone is 1. The molecule has 0 amide bonds. The van der Waals surface area contributed by atoms with Crippen LogP contribution in [0.1, 0.15) is 25.0 Å². The Morgan fingerprint density at radius 2 is 1.54 bits per heavy atom. The Hall–Kier alpha value is -1.99. The first-order chi connectivity index (χ1) is 10.9. The minimum Gasteiger partial charge on any atom is -0.549 e. The number of hydrogen-bond acceptors (Lipinski definition) is 2. The number of carbonyl (C=O) groups is 1. The molecule has 1 aliphatic rings. The topological polar surface area (TPSA) is 40.1 Å². The lowest BCUT2D eigenvalue weighted by atomic mass is 9.87. The summed E-state index contributed by atoms with van der Waals surface area (Å²) in [6.45, 7) is 3.41. The highest BCUT2D eigenvalue weighted by molar-refractivity contribution is 5.80. The Kier molecular flexibility index (Phi) is 4.23. The number of benzene rings is 1. The number of carboxylic acid groups (broad SMARTS) is 1. The fourth-order valence-electron chi connectivity index (χ4n) is 3.39. The van der Waals surface area contributed by atoms with E-state index >= 15 is 0 Å². The molecule has 0 N–H and O–H groups in total. The maximum Gasteiger partial charge on any atom is 0.266 e. The van der Waals surface area contributed by atoms with Crippen LogP contribution in [0, 0.1) is 46.9 Å². The van der Waals surface area contributed by atoms with Crippen molar-refractivity contribution in [1.82, 2.24) is 0 Å². The lowest BCUT2D eigenvalue weighted by Gasteiger charge is -2.23. The number of hydrogen-bond donors (Lipinski definition) is 0. The average Bonchev–Trinajstić information content (AvgIpc) is 2.94. The van der Waals surface area contributed by atoms with Crippen molar-refractivity contribution in [2.45, 2.75) is 27.2 Å². The van der Waals surface area contributed by atoms with Gasteiger partial charge in [0.05, 0.1) is 0 Å². The molecule has 1 aliphatic carbocycles. The molecule has 1 fully saturated rings. The van der Waals surface area contributed by atoms with Crippen molar-refractivity contribution in [2.75, 3.05) is 0 Å². The molecule has 0 aromatic heterocycles. The summed E-state index contributed by atoms with van der Waals surface area (Å²) in [5.74, 6) is -9.91. The molecule has 1 aromatic rings. The van der Waals surface area contributed by atoms with Crippen LogP contribution >= 0.6 is 0 Å². The van der Waals surface area contributed by atoms with Crippen molar-refractivity contribution in [3.8, 4) is 0 Å². The minimum atomic E-state index is -2.17. The quantitative estimate of drug-likeness (QED) is 0.617. The Balaban J connectivity index is 2.61. The third kappa shape index (κ3) is 2.31. The van der Waals surface area contributed by atoms with Crippen molar-refractivity contribution in [3.63, 3.8) is 0 Å². The summed E-state index contributed by atoms with van der Waals surface area (Å²) in [6, 6.07) is 0. The number of halogens is 6. The zero-order valence-electron chi connectivity index (χ0n) is 12.9. The van der Waals surface area contributed by atoms with E-state index in [-0.39, 0.29) is 0 Å². The molecule has 0 radical (unpaired) electrons. The van der Waals surface area contributed by atoms with E-state index in [1.54, 1.807) is 0 Å². The van der Waals surface area contributed by atoms with Crippen LogP contribution < -0.4 is 5.11 Å². The number of aliphatic carboxylic acids is 1. The van der Waals surface area contributed by atoms with E-state index in [1.165, 1.54) is 13.8 Å². The molecule has 2 rings (SSSR count). The Labute approximate surface area is 133 Å². The van der Waals surface area contributed by atoms with Crippen LogP contribution in [0.2, 0.25) is 0 Å². The average molecular weight is 351 g/mol. The molecule has 0 heterocycles. The normalized spacial score (nSPS) is 24.6. The van der Waals surface area contributed by atoms with Crippen LogP contribution in [-0.4, -0.2) is 5.97 Å². The van der Waals surface area contributed by atoms with Crippen LogP contribution in [0.5, 0.6) is 0 Å². The summed E-state index contributed by atoms with van der Waals surface area (Å²) in [5, 5.41) is 11.5. The van der Waals surface area contributed by atoms with Gasteiger partial charge < -0.3 is 9.90 Å². The van der Waals surface area contributed by atoms with Gasteiger partial charge in [0.1, 0.15) is 0 Å². The van der Waals surface area contributed by atoms with Gasteiger partial charge in [0.15, 0.2) is 23.3 Å². The number of carboxylic acids is 1. The highest BCUT2D eigenvalue weighted by atomic mass is 19.3. The predicted molar refractivity (Wildman–Crippen MR) is 69.7 cm³/mol. The van der Waals surface area contributed by atoms with Crippen molar-refractivity contribution in [1.29, 1.82) is 0 Å². The van der Waals surface area contributed by atoms with Crippen LogP contribution in [0.15, 0.2) is 12.2 Å². The lowest BCUT2D eigenvalue weighted by Crippen LogP contribution is -2.38. The molecule has 2 nitrogen and oxygen atoms in total. The SMILES string of the molecule is Cc1c(F)c(F)c(CC2(C(=O)[O-])C(C=C(F)F)C2(C)C)c(F)c1F. The van der Waals surface area contributed by atoms with Gasteiger partial charge in [-0.3, -0.25) is 0 Å². The van der Waals surface area contributed by atoms with Crippen molar-refractivity contribution < 1.29 is 36.2 Å². The van der Waals surface area contributed by atoms with E-state index in [4.69, 9.17) is 0 Å². The van der Waals surface area contributed by atoms with Gasteiger partial charge >= 0.3 is 0 Å². The van der Waals surface area contributed by atoms with E-state index < -0.39 is 69.6 Å². The monoisotopic (exact) mass is 351 g/mol. The fraction of sp³-hybridized carbons (Fsp3) is 0.438. The van der Waals surface area contributed by atoms with Crippen LogP contribution in [0.25, 0.3) is 0 Å². The van der Waals surface area contributed by atoms with Crippen molar-refractivity contribution >= 4 is 5.97 Å². The maximum atomic E-state index is 14.0. The zero-order chi connectivity index (χ0) is 18.6. The van der Waals surface area contributed by atoms with Gasteiger partial charge in [-0.15, -0.1) is 0 Å². The number of rotatable bonds is 4. The Morgan fingerprint density at radius 1 is 1.08 bits per heavy atom. The van der Waals surface area contributed by atoms with Gasteiger partial charge in [-0.2, -0.15) is 8.78 Å². The standard InChI is InChI=1S/C16H14F6O2/c1-6-10(19)12(21)7(13(22)11(6)20)5-16(14(23)24)8(4-9(17)18)15(16,2)3/h4,8H,5H2,1-3H3,(H,23,24)/p-1. The van der Waals surface area contributed by atoms with Gasteiger partial charge in [-0.25, -0.2) is 17.6 Å². The van der Waals surface area contributed by atoms with Gasteiger partial charge in [0.2, 0.25) is 0 Å². The smallest absolute Gasteiger partial charge is 0.266 e. The van der Waals surface area contributed by atoms with E-state index in [9.17, 15) is 36.2 Å². The summed E-state index contributed by atoms with van der Waals surface area (Å²) < 4.78 is 80.4. The summed E-state index contributed by atoms with van der Waals surface area (Å²) in [5.41, 5.74) is -5.47. The lowest BCUT2D eigenvalue weighted by molar-refractivity contribution is -0.315. The molecule has 2 atom stereocenters. The summed E-state index contributed by atoms with van der Waals surface area (Å²) >= 11 is 0. The first-order valence-electron chi connectivity index (χ1n) is 6.95. The van der Waals surface area contributed by atoms with E-state index in [0.29, 0.717) is 6.08 Å². The first kappa shape index (κ1) is 18.4. The van der Waals surface area contributed by atoms with Crippen LogP contribution in [0.4, 0.5) is 26.3 Å². The van der Waals surface area contributed by atoms with E-state index in [2.05, 4.69) is 0 Å². The molecule has 2 unspecified atom stereocenters. The number of carbonyl (C=O) groups excluding carboxylic acids is 1. The van der Waals surface area contributed by atoms with Gasteiger partial charge in [-0.05, 0) is 24.8 Å². The van der Waals surface area contributed by atoms with Gasteiger partial charge in [0.25, 0.3) is 6.08 Å². The van der Waals surface area contributed by atoms with Gasteiger partial charge in [0, 0.05) is 28.4 Å². The molecule has 0 saturated heterocycles. The molecule has 0 aliphatic heterocycles. The van der Waals surface area contributed by atoms with Crippen LogP contribution in [0.3, 0.4) is 0 Å². The summed E-state index contributed by atoms with van der Waals surface area (Å²) in [4.78, 5) is 11.5. The minimum absolute atomic E-state index is 0.354. The summed E-state index contributed by atoms with van der Waals surface area (Å²) in [6.07, 6.45) is -2.83. The molecule has 0 spiro atoms. The molecule has 132 valence electrons. The van der Waals surface area contributed by atoms with Crippen molar-refractivity contribution in [3.05, 3.63) is 46.6 Å². The second kappa shape index (κ2) is 5.53. The van der Waals surface area contributed by atoms with Crippen LogP contribution in [-0.2, 0) is 11.2 Å². The molecule has 0 bridgehead atoms. The van der Waals surface area contributed by atoms with Gasteiger partial charge in [-0.1, -0.05) is 13.8 Å². The van der Waals surface area contributed by atoms with Crippen molar-refractivity contribution in [2.24, 2.45) is 16.7 Å². The van der Waals surface area contributed by atoms with E-state index in [0.717, 1.165) is 6.92 Å². The fourth-order valence-corrected chi connectivity index (χ4v) is 3.39. The summed E-state index contributed by atoms with van der Waals surface area (Å²) in [7, 11) is 0.